The van der Waals surface area contributed by atoms with E-state index in [2.05, 4.69) is 10.6 Å². The number of para-hydroxylation sites is 1. The van der Waals surface area contributed by atoms with E-state index in [1.807, 2.05) is 76.2 Å². The predicted octanol–water partition coefficient (Wildman–Crippen LogP) is 5.52. The molecule has 0 aliphatic heterocycles. The van der Waals surface area contributed by atoms with E-state index < -0.39 is 23.8 Å². The van der Waals surface area contributed by atoms with Crippen molar-refractivity contribution in [2.24, 2.45) is 0 Å². The van der Waals surface area contributed by atoms with Crippen LogP contribution < -0.4 is 10.6 Å². The highest BCUT2D eigenvalue weighted by molar-refractivity contribution is 5.99. The first-order valence-electron chi connectivity index (χ1n) is 12.1. The average molecular weight is 482 g/mol. The van der Waals surface area contributed by atoms with Gasteiger partial charge < -0.3 is 20.3 Å². The van der Waals surface area contributed by atoms with E-state index in [9.17, 15) is 14.4 Å². The second-order valence-corrected chi connectivity index (χ2v) is 9.94. The van der Waals surface area contributed by atoms with Crippen molar-refractivity contribution in [3.05, 3.63) is 65.2 Å². The van der Waals surface area contributed by atoms with Crippen LogP contribution in [0.5, 0.6) is 0 Å². The smallest absolute Gasteiger partial charge is 0.408 e. The van der Waals surface area contributed by atoms with Crippen LogP contribution in [0.1, 0.15) is 70.7 Å². The van der Waals surface area contributed by atoms with Crippen LogP contribution in [0.2, 0.25) is 0 Å². The van der Waals surface area contributed by atoms with Crippen molar-refractivity contribution in [3.8, 4) is 0 Å². The van der Waals surface area contributed by atoms with Crippen LogP contribution >= 0.6 is 0 Å². The zero-order valence-electron chi connectivity index (χ0n) is 22.1. The number of hydrogen-bond donors (Lipinski definition) is 2. The molecule has 0 saturated carbocycles. The Balaban J connectivity index is 2.45. The molecule has 0 radical (unpaired) electrons. The molecular weight excluding hydrogens is 442 g/mol. The van der Waals surface area contributed by atoms with Gasteiger partial charge in [0, 0.05) is 11.7 Å². The summed E-state index contributed by atoms with van der Waals surface area (Å²) in [6.07, 6.45) is -0.0519. The Hall–Kier alpha value is -3.35. The van der Waals surface area contributed by atoms with Gasteiger partial charge in [0.25, 0.3) is 5.91 Å². The maximum Gasteiger partial charge on any atom is 0.408 e. The number of aryl methyl sites for hydroxylation is 2. The number of hydrogen-bond acceptors (Lipinski definition) is 4. The SMILES string of the molecule is CCC(C)N(C(=O)C(C)NC(=O)OC(C)(C)C)C(C(=O)Nc1c(C)cccc1C)c1ccccc1. The van der Waals surface area contributed by atoms with Crippen molar-refractivity contribution in [2.45, 2.75) is 85.5 Å². The van der Waals surface area contributed by atoms with Crippen LogP contribution in [0.3, 0.4) is 0 Å². The molecule has 0 spiro atoms. The number of benzene rings is 2. The Bertz CT molecular complexity index is 1010. The molecule has 0 aliphatic rings. The van der Waals surface area contributed by atoms with Gasteiger partial charge in [0.05, 0.1) is 0 Å². The molecule has 190 valence electrons. The molecule has 2 aromatic carbocycles. The summed E-state index contributed by atoms with van der Waals surface area (Å²) in [7, 11) is 0. The highest BCUT2D eigenvalue weighted by atomic mass is 16.6. The first-order chi connectivity index (χ1) is 16.4. The van der Waals surface area contributed by atoms with Gasteiger partial charge in [-0.25, -0.2) is 4.79 Å². The third kappa shape index (κ3) is 7.57. The first kappa shape index (κ1) is 27.9. The molecule has 0 saturated heterocycles. The molecule has 0 heterocycles. The number of nitrogens with zero attached hydrogens (tertiary/aromatic N) is 1. The first-order valence-corrected chi connectivity index (χ1v) is 12.1. The van der Waals surface area contributed by atoms with Gasteiger partial charge in [0.1, 0.15) is 17.7 Å². The molecule has 3 atom stereocenters. The molecule has 0 fully saturated rings. The lowest BCUT2D eigenvalue weighted by Gasteiger charge is -2.37. The summed E-state index contributed by atoms with van der Waals surface area (Å²) < 4.78 is 5.32. The minimum atomic E-state index is -0.891. The zero-order chi connectivity index (χ0) is 26.3. The van der Waals surface area contributed by atoms with Crippen molar-refractivity contribution in [2.75, 3.05) is 5.32 Å². The topological polar surface area (TPSA) is 87.7 Å². The third-order valence-corrected chi connectivity index (χ3v) is 5.79. The minimum absolute atomic E-state index is 0.265. The summed E-state index contributed by atoms with van der Waals surface area (Å²) in [6.45, 7) is 14.6. The minimum Gasteiger partial charge on any atom is -0.444 e. The van der Waals surface area contributed by atoms with Gasteiger partial charge in [-0.15, -0.1) is 0 Å². The van der Waals surface area contributed by atoms with Crippen LogP contribution in [0.25, 0.3) is 0 Å². The van der Waals surface area contributed by atoms with Gasteiger partial charge in [0.15, 0.2) is 0 Å². The Morgan fingerprint density at radius 2 is 1.51 bits per heavy atom. The second kappa shape index (κ2) is 11.9. The summed E-state index contributed by atoms with van der Waals surface area (Å²) in [6, 6.07) is 13.0. The summed E-state index contributed by atoms with van der Waals surface area (Å²) in [5, 5.41) is 5.68. The zero-order valence-corrected chi connectivity index (χ0v) is 22.1. The van der Waals surface area contributed by atoms with Gasteiger partial charge >= 0.3 is 6.09 Å². The lowest BCUT2D eigenvalue weighted by molar-refractivity contribution is -0.143. The Morgan fingerprint density at radius 1 is 0.943 bits per heavy atom. The summed E-state index contributed by atoms with van der Waals surface area (Å²) in [5.74, 6) is -0.678. The number of anilines is 1. The third-order valence-electron chi connectivity index (χ3n) is 5.79. The maximum absolute atomic E-state index is 13.8. The summed E-state index contributed by atoms with van der Waals surface area (Å²) in [5.41, 5.74) is 2.60. The van der Waals surface area contributed by atoms with Crippen LogP contribution in [0.15, 0.2) is 48.5 Å². The van der Waals surface area contributed by atoms with Crippen LogP contribution in [-0.2, 0) is 14.3 Å². The average Bonchev–Trinajstić information content (AvgIpc) is 2.78. The molecule has 35 heavy (non-hydrogen) atoms. The van der Waals surface area contributed by atoms with E-state index in [0.717, 1.165) is 16.8 Å². The highest BCUT2D eigenvalue weighted by Gasteiger charge is 2.37. The molecule has 0 aromatic heterocycles. The lowest BCUT2D eigenvalue weighted by Crippen LogP contribution is -2.53. The van der Waals surface area contributed by atoms with Crippen molar-refractivity contribution in [1.82, 2.24) is 10.2 Å². The van der Waals surface area contributed by atoms with Gasteiger partial charge in [0.2, 0.25) is 5.91 Å². The molecular formula is C28H39N3O4. The number of carbonyl (C=O) groups is 3. The van der Waals surface area contributed by atoms with E-state index >= 15 is 0 Å². The fraction of sp³-hybridized carbons (Fsp3) is 0.464. The fourth-order valence-electron chi connectivity index (χ4n) is 3.84. The Kier molecular flexibility index (Phi) is 9.46. The van der Waals surface area contributed by atoms with Gasteiger partial charge in [-0.05, 0) is 71.6 Å². The molecule has 3 amide bonds. The van der Waals surface area contributed by atoms with Crippen molar-refractivity contribution in [1.29, 1.82) is 0 Å². The quantitative estimate of drug-likeness (QED) is 0.519. The summed E-state index contributed by atoms with van der Waals surface area (Å²) >= 11 is 0. The predicted molar refractivity (Wildman–Crippen MR) is 139 cm³/mol. The van der Waals surface area contributed by atoms with Crippen molar-refractivity contribution >= 4 is 23.6 Å². The van der Waals surface area contributed by atoms with Gasteiger partial charge in [-0.1, -0.05) is 55.5 Å². The molecule has 2 aromatic rings. The van der Waals surface area contributed by atoms with Gasteiger partial charge in [-0.3, -0.25) is 9.59 Å². The van der Waals surface area contributed by atoms with Crippen molar-refractivity contribution < 1.29 is 19.1 Å². The number of nitrogens with one attached hydrogen (secondary N) is 2. The maximum atomic E-state index is 13.8. The van der Waals surface area contributed by atoms with Crippen molar-refractivity contribution in [3.63, 3.8) is 0 Å². The second-order valence-electron chi connectivity index (χ2n) is 9.94. The molecule has 0 bridgehead atoms. The van der Waals surface area contributed by atoms with E-state index in [1.165, 1.54) is 0 Å². The molecule has 2 N–H and O–H groups in total. The number of rotatable bonds is 8. The van der Waals surface area contributed by atoms with Crippen LogP contribution in [0.4, 0.5) is 10.5 Å². The van der Waals surface area contributed by atoms with E-state index in [-0.39, 0.29) is 17.9 Å². The monoisotopic (exact) mass is 481 g/mol. The van der Waals surface area contributed by atoms with E-state index in [4.69, 9.17) is 4.74 Å². The molecule has 0 aliphatic carbocycles. The number of amides is 3. The molecule has 7 nitrogen and oxygen atoms in total. The highest BCUT2D eigenvalue weighted by Crippen LogP contribution is 2.29. The largest absolute Gasteiger partial charge is 0.444 e. The summed E-state index contributed by atoms with van der Waals surface area (Å²) in [4.78, 5) is 41.4. The van der Waals surface area contributed by atoms with E-state index in [0.29, 0.717) is 12.0 Å². The standard InChI is InChI=1S/C28H39N3O4/c1-9-20(4)31(26(33)21(5)29-27(34)35-28(6,7)8)24(22-16-11-10-12-17-22)25(32)30-23-18(2)14-13-15-19(23)3/h10-17,20-21,24H,9H2,1-8H3,(H,29,34)(H,30,32). The lowest BCUT2D eigenvalue weighted by atomic mass is 9.99. The van der Waals surface area contributed by atoms with Crippen LogP contribution in [0, 0.1) is 13.8 Å². The van der Waals surface area contributed by atoms with Gasteiger partial charge in [-0.2, -0.15) is 0 Å². The molecule has 3 unspecified atom stereocenters. The Morgan fingerprint density at radius 3 is 2.03 bits per heavy atom. The number of carbonyl (C=O) groups excluding carboxylic acids is 3. The molecule has 2 rings (SSSR count). The van der Waals surface area contributed by atoms with Crippen LogP contribution in [-0.4, -0.2) is 40.5 Å². The fourth-order valence-corrected chi connectivity index (χ4v) is 3.84. The Labute approximate surface area is 209 Å². The number of ether oxygens (including phenoxy) is 1. The molecule has 7 heteroatoms. The van der Waals surface area contributed by atoms with E-state index in [1.54, 1.807) is 32.6 Å². The number of alkyl carbamates (subject to hydrolysis) is 1. The normalized spacial score (nSPS) is 13.8.